The van der Waals surface area contributed by atoms with Crippen LogP contribution in [0.25, 0.3) is 17.2 Å². The van der Waals surface area contributed by atoms with Gasteiger partial charge in [0.2, 0.25) is 10.0 Å². The van der Waals surface area contributed by atoms with Gasteiger partial charge in [0, 0.05) is 31.8 Å². The molecule has 40 heavy (non-hydrogen) atoms. The van der Waals surface area contributed by atoms with E-state index in [2.05, 4.69) is 43.4 Å². The minimum Gasteiger partial charge on any atom is -0.478 e. The van der Waals surface area contributed by atoms with Crippen molar-refractivity contribution in [1.82, 2.24) is 9.62 Å². The number of aliphatic carboxylic acids is 1. The van der Waals surface area contributed by atoms with Gasteiger partial charge in [-0.1, -0.05) is 60.7 Å². The lowest BCUT2D eigenvalue weighted by Crippen LogP contribution is -2.47. The van der Waals surface area contributed by atoms with E-state index in [9.17, 15) is 18.3 Å². The molecule has 4 rings (SSSR count). The Labute approximate surface area is 237 Å². The second kappa shape index (κ2) is 12.5. The summed E-state index contributed by atoms with van der Waals surface area (Å²) in [5, 5.41) is 23.0. The van der Waals surface area contributed by atoms with Crippen LogP contribution in [0, 0.1) is 5.92 Å². The van der Waals surface area contributed by atoms with Gasteiger partial charge in [-0.05, 0) is 85.1 Å². The molecule has 0 aromatic heterocycles. The third-order valence-electron chi connectivity index (χ3n) is 7.42. The first-order valence-electron chi connectivity index (χ1n) is 13.5. The zero-order valence-electron chi connectivity index (χ0n) is 23.2. The third-order valence-corrected chi connectivity index (χ3v) is 9.24. The van der Waals surface area contributed by atoms with Gasteiger partial charge in [0.15, 0.2) is 0 Å². The molecular formula is C32H38N2O5S. The fraction of sp³-hybridized carbons (Fsp3) is 0.344. The number of carbonyl (C=O) groups is 1. The van der Waals surface area contributed by atoms with Crippen molar-refractivity contribution >= 4 is 22.1 Å². The van der Waals surface area contributed by atoms with Gasteiger partial charge in [-0.2, -0.15) is 4.31 Å². The van der Waals surface area contributed by atoms with Gasteiger partial charge in [-0.3, -0.25) is 0 Å². The molecule has 8 heteroatoms. The number of nitrogens with zero attached hydrogens (tertiary/aromatic N) is 1. The zero-order chi connectivity index (χ0) is 28.9. The van der Waals surface area contributed by atoms with Crippen LogP contribution in [0.2, 0.25) is 0 Å². The maximum atomic E-state index is 13.3. The van der Waals surface area contributed by atoms with Crippen LogP contribution in [0.3, 0.4) is 0 Å². The molecule has 7 nitrogen and oxygen atoms in total. The number of benzene rings is 3. The van der Waals surface area contributed by atoms with Crippen molar-refractivity contribution in [3.63, 3.8) is 0 Å². The van der Waals surface area contributed by atoms with E-state index in [1.54, 1.807) is 30.3 Å². The van der Waals surface area contributed by atoms with Crippen molar-refractivity contribution in [3.8, 4) is 11.1 Å². The highest BCUT2D eigenvalue weighted by Crippen LogP contribution is 2.32. The molecule has 0 unspecified atom stereocenters. The number of sulfonamides is 1. The van der Waals surface area contributed by atoms with E-state index in [4.69, 9.17) is 5.11 Å². The fourth-order valence-corrected chi connectivity index (χ4v) is 6.67. The minimum atomic E-state index is -3.82. The molecule has 0 aliphatic heterocycles. The first kappa shape index (κ1) is 29.7. The van der Waals surface area contributed by atoms with Crippen molar-refractivity contribution in [3.05, 3.63) is 95.6 Å². The van der Waals surface area contributed by atoms with Gasteiger partial charge < -0.3 is 15.5 Å². The van der Waals surface area contributed by atoms with E-state index < -0.39 is 22.1 Å². The van der Waals surface area contributed by atoms with E-state index in [1.165, 1.54) is 28.6 Å². The Morgan fingerprint density at radius 2 is 1.68 bits per heavy atom. The summed E-state index contributed by atoms with van der Waals surface area (Å²) in [6.07, 6.45) is 4.79. The molecule has 0 fully saturated rings. The molecule has 0 heterocycles. The van der Waals surface area contributed by atoms with Gasteiger partial charge in [0.05, 0.1) is 11.0 Å². The van der Waals surface area contributed by atoms with Crippen molar-refractivity contribution in [2.45, 2.75) is 49.6 Å². The summed E-state index contributed by atoms with van der Waals surface area (Å²) >= 11 is 0. The molecule has 3 aromatic carbocycles. The van der Waals surface area contributed by atoms with Gasteiger partial charge in [0.1, 0.15) is 0 Å². The molecule has 0 radical (unpaired) electrons. The van der Waals surface area contributed by atoms with Crippen LogP contribution >= 0.6 is 0 Å². The quantitative estimate of drug-likeness (QED) is 0.279. The van der Waals surface area contributed by atoms with Crippen LogP contribution in [-0.2, 0) is 27.7 Å². The highest BCUT2D eigenvalue weighted by molar-refractivity contribution is 7.89. The average molecular weight is 563 g/mol. The summed E-state index contributed by atoms with van der Waals surface area (Å²) in [6, 6.07) is 22.4. The summed E-state index contributed by atoms with van der Waals surface area (Å²) in [5.74, 6) is -0.476. The van der Waals surface area contributed by atoms with Crippen molar-refractivity contribution < 1.29 is 23.4 Å². The molecule has 0 bridgehead atoms. The number of carboxylic acid groups (broad SMARTS) is 1. The second-order valence-corrected chi connectivity index (χ2v) is 13.3. The number of fused-ring (bicyclic) bond motifs is 1. The molecule has 212 valence electrons. The number of carboxylic acids is 1. The van der Waals surface area contributed by atoms with Crippen LogP contribution in [-0.4, -0.2) is 60.7 Å². The SMILES string of the molecule is CN(C[C@H](O)CNC(C)(C)CC1Cc2ccccc2C1)S(=O)(=O)c1cccc(-c2ccc(/C=C/C(=O)O)cc2)c1. The lowest BCUT2D eigenvalue weighted by molar-refractivity contribution is -0.131. The average Bonchev–Trinajstić information content (AvgIpc) is 3.32. The van der Waals surface area contributed by atoms with Crippen LogP contribution in [0.4, 0.5) is 0 Å². The van der Waals surface area contributed by atoms with Gasteiger partial charge in [-0.25, -0.2) is 13.2 Å². The zero-order valence-corrected chi connectivity index (χ0v) is 24.1. The molecule has 0 spiro atoms. The normalized spacial score (nSPS) is 15.0. The minimum absolute atomic E-state index is 0.0326. The molecule has 0 saturated heterocycles. The number of rotatable bonds is 12. The van der Waals surface area contributed by atoms with E-state index in [0.29, 0.717) is 5.92 Å². The lowest BCUT2D eigenvalue weighted by atomic mass is 9.88. The topological polar surface area (TPSA) is 107 Å². The number of aliphatic hydroxyl groups excluding tert-OH is 1. The summed E-state index contributed by atoms with van der Waals surface area (Å²) < 4.78 is 27.8. The third kappa shape index (κ3) is 7.67. The second-order valence-electron chi connectivity index (χ2n) is 11.3. The number of β-amino-alcohol motifs (C(OH)–C–C–N with tert-alkyl or cyclic N) is 1. The molecule has 0 amide bonds. The molecule has 3 aromatic rings. The van der Waals surface area contributed by atoms with Crippen LogP contribution in [0.5, 0.6) is 0 Å². The van der Waals surface area contributed by atoms with Crippen LogP contribution < -0.4 is 5.32 Å². The number of likely N-dealkylation sites (N-methyl/N-ethyl adjacent to an activating group) is 1. The van der Waals surface area contributed by atoms with Crippen LogP contribution in [0.1, 0.15) is 37.0 Å². The Balaban J connectivity index is 1.33. The maximum Gasteiger partial charge on any atom is 0.328 e. The summed E-state index contributed by atoms with van der Waals surface area (Å²) in [4.78, 5) is 10.9. The number of hydrogen-bond donors (Lipinski definition) is 3. The molecule has 1 aliphatic carbocycles. The standard InChI is InChI=1S/C32H38N2O5S/c1-32(2,20-24-17-26-7-4-5-8-27(26)18-24)33-21-29(35)22-34(3)40(38,39)30-10-6-9-28(19-30)25-14-11-23(12-15-25)13-16-31(36)37/h4-16,19,24,29,33,35H,17-18,20-22H2,1-3H3,(H,36,37)/b16-13+/t29-/m1/s1. The summed E-state index contributed by atoms with van der Waals surface area (Å²) in [6.45, 7) is 4.51. The van der Waals surface area contributed by atoms with Gasteiger partial charge in [-0.15, -0.1) is 0 Å². The van der Waals surface area contributed by atoms with Crippen molar-refractivity contribution in [2.75, 3.05) is 20.1 Å². The Morgan fingerprint density at radius 3 is 2.30 bits per heavy atom. The summed E-state index contributed by atoms with van der Waals surface area (Å²) in [7, 11) is -2.34. The van der Waals surface area contributed by atoms with E-state index in [-0.39, 0.29) is 23.5 Å². The van der Waals surface area contributed by atoms with E-state index in [1.807, 2.05) is 18.2 Å². The Kier molecular flexibility index (Phi) is 9.26. The number of nitrogens with one attached hydrogen (secondary N) is 1. The first-order valence-corrected chi connectivity index (χ1v) is 14.9. The molecular weight excluding hydrogens is 524 g/mol. The first-order chi connectivity index (χ1) is 18.9. The number of aliphatic hydroxyl groups is 1. The number of hydrogen-bond acceptors (Lipinski definition) is 5. The van der Waals surface area contributed by atoms with Gasteiger partial charge in [0.25, 0.3) is 0 Å². The highest BCUT2D eigenvalue weighted by Gasteiger charge is 2.29. The predicted octanol–water partition coefficient (Wildman–Crippen LogP) is 4.61. The van der Waals surface area contributed by atoms with Crippen molar-refractivity contribution in [1.29, 1.82) is 0 Å². The predicted molar refractivity (Wildman–Crippen MR) is 158 cm³/mol. The van der Waals surface area contributed by atoms with Crippen molar-refractivity contribution in [2.24, 2.45) is 5.92 Å². The molecule has 1 atom stereocenters. The Hall–Kier alpha value is -3.30. The van der Waals surface area contributed by atoms with Crippen LogP contribution in [0.15, 0.2) is 83.8 Å². The monoisotopic (exact) mass is 562 g/mol. The van der Waals surface area contributed by atoms with E-state index in [0.717, 1.165) is 42.0 Å². The molecule has 0 saturated carbocycles. The fourth-order valence-electron chi connectivity index (χ4n) is 5.41. The lowest BCUT2D eigenvalue weighted by Gasteiger charge is -2.31. The van der Waals surface area contributed by atoms with E-state index >= 15 is 0 Å². The Bertz CT molecular complexity index is 1440. The largest absolute Gasteiger partial charge is 0.478 e. The van der Waals surface area contributed by atoms with Gasteiger partial charge >= 0.3 is 5.97 Å². The smallest absolute Gasteiger partial charge is 0.328 e. The Morgan fingerprint density at radius 1 is 1.02 bits per heavy atom. The molecule has 3 N–H and O–H groups in total. The highest BCUT2D eigenvalue weighted by atomic mass is 32.2. The maximum absolute atomic E-state index is 13.3. The summed E-state index contributed by atoms with van der Waals surface area (Å²) in [5.41, 5.74) is 4.91. The molecule has 1 aliphatic rings.